The van der Waals surface area contributed by atoms with Crippen LogP contribution in [0.25, 0.3) is 0 Å². The SMILES string of the molecule is CC(C)CCCCNc1ccc(C(=O)O)cc1F. The number of nitrogens with one attached hydrogen (secondary N) is 1. The largest absolute Gasteiger partial charge is 0.478 e. The predicted molar refractivity (Wildman–Crippen MR) is 70.5 cm³/mol. The normalized spacial score (nSPS) is 10.7. The first-order chi connectivity index (χ1) is 8.50. The molecule has 0 saturated carbocycles. The second kappa shape index (κ2) is 6.99. The molecule has 0 aliphatic carbocycles. The summed E-state index contributed by atoms with van der Waals surface area (Å²) in [6.45, 7) is 5.06. The second-order valence-electron chi connectivity index (χ2n) is 4.82. The van der Waals surface area contributed by atoms with Gasteiger partial charge in [0.1, 0.15) is 5.82 Å². The Hall–Kier alpha value is -1.58. The number of rotatable bonds is 7. The molecule has 0 fully saturated rings. The zero-order valence-electron chi connectivity index (χ0n) is 10.9. The van der Waals surface area contributed by atoms with E-state index in [9.17, 15) is 9.18 Å². The third kappa shape index (κ3) is 4.73. The van der Waals surface area contributed by atoms with Gasteiger partial charge in [-0.05, 0) is 30.5 Å². The summed E-state index contributed by atoms with van der Waals surface area (Å²) in [6.07, 6.45) is 3.26. The third-order valence-electron chi connectivity index (χ3n) is 2.74. The molecule has 0 unspecified atom stereocenters. The lowest BCUT2D eigenvalue weighted by Gasteiger charge is -2.09. The van der Waals surface area contributed by atoms with Gasteiger partial charge in [0.15, 0.2) is 0 Å². The van der Waals surface area contributed by atoms with Crippen molar-refractivity contribution < 1.29 is 14.3 Å². The molecule has 3 nitrogen and oxygen atoms in total. The van der Waals surface area contributed by atoms with Gasteiger partial charge >= 0.3 is 5.97 Å². The van der Waals surface area contributed by atoms with Crippen LogP contribution in [0.2, 0.25) is 0 Å². The molecule has 0 amide bonds. The predicted octanol–water partition coefficient (Wildman–Crippen LogP) is 3.76. The van der Waals surface area contributed by atoms with Crippen molar-refractivity contribution in [3.05, 3.63) is 29.6 Å². The molecule has 1 aromatic rings. The van der Waals surface area contributed by atoms with Crippen molar-refractivity contribution in [2.75, 3.05) is 11.9 Å². The lowest BCUT2D eigenvalue weighted by atomic mass is 10.1. The highest BCUT2D eigenvalue weighted by atomic mass is 19.1. The zero-order valence-corrected chi connectivity index (χ0v) is 10.9. The van der Waals surface area contributed by atoms with Gasteiger partial charge in [0, 0.05) is 6.54 Å². The Bertz CT molecular complexity index is 405. The number of carboxylic acid groups (broad SMARTS) is 1. The van der Waals surface area contributed by atoms with Crippen molar-refractivity contribution in [3.8, 4) is 0 Å². The summed E-state index contributed by atoms with van der Waals surface area (Å²) in [6, 6.07) is 3.92. The Morgan fingerprint density at radius 2 is 2.11 bits per heavy atom. The standard InChI is InChI=1S/C14H20FNO2/c1-10(2)5-3-4-8-16-13-7-6-11(14(17)18)9-12(13)15/h6-7,9-10,16H,3-5,8H2,1-2H3,(H,17,18). The fourth-order valence-electron chi connectivity index (χ4n) is 1.69. The highest BCUT2D eigenvalue weighted by molar-refractivity contribution is 5.88. The number of carbonyl (C=O) groups is 1. The van der Waals surface area contributed by atoms with E-state index in [-0.39, 0.29) is 5.56 Å². The van der Waals surface area contributed by atoms with E-state index in [0.717, 1.165) is 18.9 Å². The fraction of sp³-hybridized carbons (Fsp3) is 0.500. The van der Waals surface area contributed by atoms with E-state index < -0.39 is 11.8 Å². The smallest absolute Gasteiger partial charge is 0.335 e. The Morgan fingerprint density at radius 1 is 1.39 bits per heavy atom. The summed E-state index contributed by atoms with van der Waals surface area (Å²) in [5.74, 6) is -0.937. The minimum atomic E-state index is -1.11. The summed E-state index contributed by atoms with van der Waals surface area (Å²) < 4.78 is 13.5. The van der Waals surface area contributed by atoms with Crippen molar-refractivity contribution in [2.24, 2.45) is 5.92 Å². The molecule has 0 radical (unpaired) electrons. The van der Waals surface area contributed by atoms with Crippen molar-refractivity contribution in [1.82, 2.24) is 0 Å². The topological polar surface area (TPSA) is 49.3 Å². The molecule has 100 valence electrons. The van der Waals surface area contributed by atoms with Crippen LogP contribution in [-0.4, -0.2) is 17.6 Å². The fourth-order valence-corrected chi connectivity index (χ4v) is 1.69. The number of carboxylic acids is 1. The molecule has 0 bridgehead atoms. The number of anilines is 1. The minimum absolute atomic E-state index is 0.0298. The lowest BCUT2D eigenvalue weighted by Crippen LogP contribution is -2.05. The quantitative estimate of drug-likeness (QED) is 0.727. The second-order valence-corrected chi connectivity index (χ2v) is 4.82. The van der Waals surface area contributed by atoms with Gasteiger partial charge in [0.05, 0.1) is 11.3 Å². The van der Waals surface area contributed by atoms with E-state index in [4.69, 9.17) is 5.11 Å². The molecule has 18 heavy (non-hydrogen) atoms. The van der Waals surface area contributed by atoms with Gasteiger partial charge < -0.3 is 10.4 Å². The Kier molecular flexibility index (Phi) is 5.62. The van der Waals surface area contributed by atoms with Crippen LogP contribution in [-0.2, 0) is 0 Å². The van der Waals surface area contributed by atoms with E-state index in [0.29, 0.717) is 18.2 Å². The molecule has 0 spiro atoms. The number of benzene rings is 1. The van der Waals surface area contributed by atoms with Crippen LogP contribution in [0.5, 0.6) is 0 Å². The maximum Gasteiger partial charge on any atom is 0.335 e. The lowest BCUT2D eigenvalue weighted by molar-refractivity contribution is 0.0696. The van der Waals surface area contributed by atoms with Crippen LogP contribution < -0.4 is 5.32 Å². The first-order valence-corrected chi connectivity index (χ1v) is 6.27. The van der Waals surface area contributed by atoms with Crippen LogP contribution in [0, 0.1) is 11.7 Å². The average molecular weight is 253 g/mol. The molecule has 1 rings (SSSR count). The molecule has 4 heteroatoms. The van der Waals surface area contributed by atoms with Crippen molar-refractivity contribution in [1.29, 1.82) is 0 Å². The molecule has 1 aromatic carbocycles. The van der Waals surface area contributed by atoms with Crippen LogP contribution in [0.15, 0.2) is 18.2 Å². The van der Waals surface area contributed by atoms with Gasteiger partial charge in [-0.3, -0.25) is 0 Å². The Balaban J connectivity index is 2.41. The van der Waals surface area contributed by atoms with E-state index in [2.05, 4.69) is 19.2 Å². The minimum Gasteiger partial charge on any atom is -0.478 e. The molecule has 0 heterocycles. The Labute approximate surface area is 107 Å². The molecule has 0 saturated heterocycles. The molecule has 2 N–H and O–H groups in total. The Morgan fingerprint density at radius 3 is 2.67 bits per heavy atom. The number of aromatic carboxylic acids is 1. The molecular formula is C14H20FNO2. The number of unbranched alkanes of at least 4 members (excludes halogenated alkanes) is 1. The number of hydrogen-bond donors (Lipinski definition) is 2. The maximum absolute atomic E-state index is 13.5. The van der Waals surface area contributed by atoms with E-state index >= 15 is 0 Å². The van der Waals surface area contributed by atoms with E-state index in [1.165, 1.54) is 18.6 Å². The van der Waals surface area contributed by atoms with Gasteiger partial charge in [0.25, 0.3) is 0 Å². The summed E-state index contributed by atoms with van der Waals surface area (Å²) >= 11 is 0. The third-order valence-corrected chi connectivity index (χ3v) is 2.74. The number of halogens is 1. The molecule has 0 aromatic heterocycles. The summed E-state index contributed by atoms with van der Waals surface area (Å²) in [7, 11) is 0. The monoisotopic (exact) mass is 253 g/mol. The molecular weight excluding hydrogens is 233 g/mol. The van der Waals surface area contributed by atoms with Gasteiger partial charge in [-0.25, -0.2) is 9.18 Å². The summed E-state index contributed by atoms with van der Waals surface area (Å²) in [4.78, 5) is 10.6. The first kappa shape index (κ1) is 14.5. The van der Waals surface area contributed by atoms with Crippen LogP contribution in [0.4, 0.5) is 10.1 Å². The van der Waals surface area contributed by atoms with Crippen LogP contribution in [0.1, 0.15) is 43.5 Å². The summed E-state index contributed by atoms with van der Waals surface area (Å²) in [5.41, 5.74) is 0.336. The zero-order chi connectivity index (χ0) is 13.5. The maximum atomic E-state index is 13.5. The van der Waals surface area contributed by atoms with Crippen LogP contribution in [0.3, 0.4) is 0 Å². The molecule has 0 aliphatic rings. The summed E-state index contributed by atoms with van der Waals surface area (Å²) in [5, 5.41) is 11.7. The molecule has 0 atom stereocenters. The van der Waals surface area contributed by atoms with Crippen LogP contribution >= 0.6 is 0 Å². The van der Waals surface area contributed by atoms with E-state index in [1.807, 2.05) is 0 Å². The van der Waals surface area contributed by atoms with Crippen molar-refractivity contribution >= 4 is 11.7 Å². The highest BCUT2D eigenvalue weighted by Crippen LogP contribution is 2.16. The van der Waals surface area contributed by atoms with Gasteiger partial charge in [0.2, 0.25) is 0 Å². The van der Waals surface area contributed by atoms with Gasteiger partial charge in [-0.1, -0.05) is 26.7 Å². The first-order valence-electron chi connectivity index (χ1n) is 6.27. The van der Waals surface area contributed by atoms with Crippen molar-refractivity contribution in [2.45, 2.75) is 33.1 Å². The number of hydrogen-bond acceptors (Lipinski definition) is 2. The van der Waals surface area contributed by atoms with Gasteiger partial charge in [-0.2, -0.15) is 0 Å². The van der Waals surface area contributed by atoms with E-state index in [1.54, 1.807) is 0 Å². The van der Waals surface area contributed by atoms with Gasteiger partial charge in [-0.15, -0.1) is 0 Å². The highest BCUT2D eigenvalue weighted by Gasteiger charge is 2.07. The van der Waals surface area contributed by atoms with Crippen molar-refractivity contribution in [3.63, 3.8) is 0 Å². The molecule has 0 aliphatic heterocycles. The average Bonchev–Trinajstić information content (AvgIpc) is 2.29.